The fourth-order valence-electron chi connectivity index (χ4n) is 7.43. The van der Waals surface area contributed by atoms with Gasteiger partial charge in [-0.1, -0.05) is 151 Å². The Kier molecular flexibility index (Phi) is 14.9. The summed E-state index contributed by atoms with van der Waals surface area (Å²) < 4.78 is 0. The summed E-state index contributed by atoms with van der Waals surface area (Å²) in [5, 5.41) is 22.7. The topological polar surface area (TPSA) is 74.6 Å². The van der Waals surface area contributed by atoms with Crippen LogP contribution in [-0.4, -0.2) is 21.8 Å². The Hall–Kier alpha value is -4.44. The molecule has 0 spiro atoms. The molecule has 4 rings (SSSR count). The zero-order chi connectivity index (χ0) is 40.7. The monoisotopic (exact) mass is 730 g/mol. The van der Waals surface area contributed by atoms with Crippen molar-refractivity contribution < 1.29 is 19.8 Å². The third-order valence-corrected chi connectivity index (χ3v) is 10.9. The Balaban J connectivity index is 0.000000290. The van der Waals surface area contributed by atoms with Crippen LogP contribution < -0.4 is 0 Å². The second kappa shape index (κ2) is 18.3. The van der Waals surface area contributed by atoms with E-state index in [1.54, 1.807) is 25.1 Å². The minimum Gasteiger partial charge on any atom is -0.507 e. The molecule has 0 fully saturated rings. The van der Waals surface area contributed by atoms with E-state index in [0.29, 0.717) is 57.7 Å². The third-order valence-electron chi connectivity index (χ3n) is 10.9. The van der Waals surface area contributed by atoms with Crippen LogP contribution in [0, 0.1) is 29.6 Å². The molecule has 0 aliphatic heterocycles. The van der Waals surface area contributed by atoms with Crippen LogP contribution >= 0.6 is 0 Å². The highest BCUT2D eigenvalue weighted by Crippen LogP contribution is 2.40. The summed E-state index contributed by atoms with van der Waals surface area (Å²) >= 11 is 0. The van der Waals surface area contributed by atoms with Crippen molar-refractivity contribution in [3.8, 4) is 11.5 Å². The highest BCUT2D eigenvalue weighted by Gasteiger charge is 2.29. The summed E-state index contributed by atoms with van der Waals surface area (Å²) in [5.41, 5.74) is 9.34. The van der Waals surface area contributed by atoms with E-state index in [1.165, 1.54) is 22.3 Å². The summed E-state index contributed by atoms with van der Waals surface area (Å²) in [7, 11) is 0. The molecular weight excluding hydrogens is 665 g/mol. The molecule has 3 aromatic carbocycles. The number of Topliss-reactive ketones (excluding diaryl/α,β-unsaturated/α-hetero) is 2. The van der Waals surface area contributed by atoms with Crippen molar-refractivity contribution in [3.05, 3.63) is 129 Å². The van der Waals surface area contributed by atoms with Crippen molar-refractivity contribution in [1.82, 2.24) is 0 Å². The van der Waals surface area contributed by atoms with Crippen molar-refractivity contribution in [2.45, 2.75) is 123 Å². The predicted octanol–water partition coefficient (Wildman–Crippen LogP) is 13.8. The minimum absolute atomic E-state index is 0.0124. The van der Waals surface area contributed by atoms with Gasteiger partial charge in [-0.3, -0.25) is 9.59 Å². The second-order valence-corrected chi connectivity index (χ2v) is 17.6. The summed E-state index contributed by atoms with van der Waals surface area (Å²) in [4.78, 5) is 25.4. The SMILES string of the molecule is C/C(=C\Cc1c(C)c(O)c2ccccc2c1O)CC(C)(C)/C=C(\C)C(C)C.CC1=C(C/C=C(\C)CC(C)(C)/C=C(\C)C(C)C)C(=O)c2ccccc2C1=O. The standard InChI is InChI=1S/C25H34O2.C25H32O2/c2*1-16(2)18(4)15-25(6,7)14-17(3)12-13-20-19(5)23(26)21-10-8-9-11-22(21)24(20)27/h8-12,15-16,26-27H,13-14H2,1-7H3;8-12,15-16H,13-14H2,1-7H3/b2*17-12+,18-15+. The molecule has 290 valence electrons. The number of fused-ring (bicyclic) bond motifs is 2. The van der Waals surface area contributed by atoms with Gasteiger partial charge in [0, 0.05) is 38.6 Å². The van der Waals surface area contributed by atoms with Gasteiger partial charge < -0.3 is 10.2 Å². The lowest BCUT2D eigenvalue weighted by Crippen LogP contribution is -2.20. The second-order valence-electron chi connectivity index (χ2n) is 17.6. The number of carbonyl (C=O) groups is 2. The van der Waals surface area contributed by atoms with Crippen LogP contribution in [0.15, 0.2) is 106 Å². The first-order valence-corrected chi connectivity index (χ1v) is 19.6. The van der Waals surface area contributed by atoms with Crippen LogP contribution in [0.1, 0.15) is 141 Å². The minimum atomic E-state index is -0.0259. The van der Waals surface area contributed by atoms with Gasteiger partial charge in [0.25, 0.3) is 0 Å². The van der Waals surface area contributed by atoms with Gasteiger partial charge in [-0.25, -0.2) is 0 Å². The van der Waals surface area contributed by atoms with Crippen molar-refractivity contribution in [1.29, 1.82) is 0 Å². The van der Waals surface area contributed by atoms with Crippen LogP contribution in [0.2, 0.25) is 0 Å². The van der Waals surface area contributed by atoms with E-state index in [4.69, 9.17) is 0 Å². The van der Waals surface area contributed by atoms with E-state index in [0.717, 1.165) is 24.0 Å². The maximum absolute atomic E-state index is 12.8. The molecule has 1 aliphatic rings. The van der Waals surface area contributed by atoms with Crippen molar-refractivity contribution in [2.24, 2.45) is 22.7 Å². The quantitative estimate of drug-likeness (QED) is 0.144. The van der Waals surface area contributed by atoms with Crippen LogP contribution in [0.5, 0.6) is 11.5 Å². The molecule has 0 amide bonds. The Morgan fingerprint density at radius 3 is 1.50 bits per heavy atom. The molecule has 0 aromatic heterocycles. The maximum Gasteiger partial charge on any atom is 0.190 e. The van der Waals surface area contributed by atoms with E-state index in [-0.39, 0.29) is 33.9 Å². The average molecular weight is 731 g/mol. The van der Waals surface area contributed by atoms with Crippen molar-refractivity contribution >= 4 is 22.3 Å². The molecule has 0 saturated carbocycles. The van der Waals surface area contributed by atoms with Crippen LogP contribution in [0.3, 0.4) is 0 Å². The van der Waals surface area contributed by atoms with Crippen LogP contribution in [0.25, 0.3) is 10.8 Å². The van der Waals surface area contributed by atoms with Gasteiger partial charge in [0.05, 0.1) is 0 Å². The zero-order valence-electron chi connectivity index (χ0n) is 35.6. The van der Waals surface area contributed by atoms with Gasteiger partial charge in [-0.15, -0.1) is 0 Å². The Morgan fingerprint density at radius 1 is 0.630 bits per heavy atom. The molecule has 0 bridgehead atoms. The molecule has 0 atom stereocenters. The molecular formula is C50H66O4. The summed E-state index contributed by atoms with van der Waals surface area (Å²) in [6.07, 6.45) is 12.0. The van der Waals surface area contributed by atoms with Crippen molar-refractivity contribution in [2.75, 3.05) is 0 Å². The predicted molar refractivity (Wildman–Crippen MR) is 230 cm³/mol. The smallest absolute Gasteiger partial charge is 0.190 e. The van der Waals surface area contributed by atoms with Gasteiger partial charge in [-0.2, -0.15) is 0 Å². The Bertz CT molecular complexity index is 2020. The number of phenols is 2. The number of aromatic hydroxyl groups is 2. The third kappa shape index (κ3) is 11.3. The number of rotatable bonds is 12. The lowest BCUT2D eigenvalue weighted by atomic mass is 9.81. The molecule has 54 heavy (non-hydrogen) atoms. The van der Waals surface area contributed by atoms with Gasteiger partial charge in [0.2, 0.25) is 0 Å². The number of hydrogen-bond donors (Lipinski definition) is 2. The molecule has 0 radical (unpaired) electrons. The molecule has 1 aliphatic carbocycles. The Morgan fingerprint density at radius 2 is 1.04 bits per heavy atom. The largest absolute Gasteiger partial charge is 0.507 e. The lowest BCUT2D eigenvalue weighted by Gasteiger charge is -2.23. The normalized spacial score (nSPS) is 15.0. The van der Waals surface area contributed by atoms with E-state index in [9.17, 15) is 19.8 Å². The van der Waals surface area contributed by atoms with E-state index in [2.05, 4.69) is 107 Å². The highest BCUT2D eigenvalue weighted by atomic mass is 16.3. The molecule has 3 aromatic rings. The summed E-state index contributed by atoms with van der Waals surface area (Å²) in [6.45, 7) is 30.2. The number of carbonyl (C=O) groups excluding carboxylic acids is 2. The van der Waals surface area contributed by atoms with Gasteiger partial charge in [0.15, 0.2) is 11.6 Å². The molecule has 4 nitrogen and oxygen atoms in total. The van der Waals surface area contributed by atoms with Gasteiger partial charge >= 0.3 is 0 Å². The molecule has 4 heteroatoms. The summed E-state index contributed by atoms with van der Waals surface area (Å²) in [5.74, 6) is 1.62. The number of ketones is 2. The Labute approximate surface area is 326 Å². The number of hydrogen-bond acceptors (Lipinski definition) is 4. The first-order valence-electron chi connectivity index (χ1n) is 19.6. The first kappa shape index (κ1) is 44.0. The molecule has 0 heterocycles. The average Bonchev–Trinajstić information content (AvgIpc) is 3.09. The van der Waals surface area contributed by atoms with Crippen LogP contribution in [-0.2, 0) is 6.42 Å². The van der Waals surface area contributed by atoms with E-state index in [1.807, 2.05) is 37.3 Å². The number of phenolic OH excluding ortho intramolecular Hbond substituents is 2. The summed E-state index contributed by atoms with van der Waals surface area (Å²) in [6, 6.07) is 14.6. The highest BCUT2D eigenvalue weighted by molar-refractivity contribution is 6.26. The fraction of sp³-hybridized carbons (Fsp3) is 0.440. The fourth-order valence-corrected chi connectivity index (χ4v) is 7.43. The first-order chi connectivity index (χ1) is 25.1. The van der Waals surface area contributed by atoms with Gasteiger partial charge in [0.1, 0.15) is 11.5 Å². The number of benzene rings is 3. The molecule has 0 saturated heterocycles. The van der Waals surface area contributed by atoms with Crippen molar-refractivity contribution in [3.63, 3.8) is 0 Å². The molecule has 0 unspecified atom stereocenters. The lowest BCUT2D eigenvalue weighted by molar-refractivity contribution is 0.0973. The van der Waals surface area contributed by atoms with E-state index >= 15 is 0 Å². The zero-order valence-corrected chi connectivity index (χ0v) is 35.6. The van der Waals surface area contributed by atoms with Crippen LogP contribution in [0.4, 0.5) is 0 Å². The maximum atomic E-state index is 12.8. The van der Waals surface area contributed by atoms with Gasteiger partial charge in [-0.05, 0) is 95.5 Å². The van der Waals surface area contributed by atoms with E-state index < -0.39 is 0 Å². The number of allylic oxidation sites excluding steroid dienone is 10. The molecule has 2 N–H and O–H groups in total.